The lowest BCUT2D eigenvalue weighted by molar-refractivity contribution is -0.195. The zero-order chi connectivity index (χ0) is 15.4. The standard InChI is InChI=1S/C10H11F2N5O4/c11-9-15-6(13)4-7(16-9)17(2-14-4)8-10(12,20)5(19)3(1-18)21-8/h2-3,5,8,18-20H,1H2,(H2,13,15,16)/t3-,5-,8-,10+/m1/s1. The van der Waals surface area contributed by atoms with Crippen molar-refractivity contribution in [3.05, 3.63) is 12.4 Å². The van der Waals surface area contributed by atoms with Crippen LogP contribution in [0.15, 0.2) is 6.33 Å². The number of rotatable bonds is 2. The Morgan fingerprint density at radius 2 is 2.19 bits per heavy atom. The summed E-state index contributed by atoms with van der Waals surface area (Å²) < 4.78 is 33.4. The molecule has 0 aromatic carbocycles. The number of aliphatic hydroxyl groups excluding tert-OH is 2. The third kappa shape index (κ3) is 1.93. The van der Waals surface area contributed by atoms with Gasteiger partial charge in [0.1, 0.15) is 12.2 Å². The van der Waals surface area contributed by atoms with Crippen molar-refractivity contribution in [3.8, 4) is 0 Å². The maximum absolute atomic E-state index is 14.3. The number of alkyl halides is 1. The molecule has 4 atom stereocenters. The highest BCUT2D eigenvalue weighted by Crippen LogP contribution is 2.40. The first-order valence-electron chi connectivity index (χ1n) is 5.87. The van der Waals surface area contributed by atoms with E-state index in [1.165, 1.54) is 0 Å². The lowest BCUT2D eigenvalue weighted by Gasteiger charge is -2.22. The molecule has 2 aromatic heterocycles. The topological polar surface area (TPSA) is 140 Å². The first-order valence-corrected chi connectivity index (χ1v) is 5.87. The molecule has 114 valence electrons. The number of hydrogen-bond donors (Lipinski definition) is 4. The van der Waals surface area contributed by atoms with E-state index in [1.807, 2.05) is 0 Å². The summed E-state index contributed by atoms with van der Waals surface area (Å²) in [6.07, 6.45) is -5.28. The number of hydrogen-bond acceptors (Lipinski definition) is 8. The van der Waals surface area contributed by atoms with Crippen molar-refractivity contribution >= 4 is 17.0 Å². The summed E-state index contributed by atoms with van der Waals surface area (Å²) in [6, 6.07) is 0. The Balaban J connectivity index is 2.13. The molecule has 0 saturated carbocycles. The highest BCUT2D eigenvalue weighted by Gasteiger charge is 2.57. The second-order valence-electron chi connectivity index (χ2n) is 4.58. The number of halogens is 2. The van der Waals surface area contributed by atoms with Gasteiger partial charge in [-0.15, -0.1) is 0 Å². The number of nitrogens with zero attached hydrogens (tertiary/aromatic N) is 4. The smallest absolute Gasteiger partial charge is 0.312 e. The Kier molecular flexibility index (Phi) is 3.02. The molecule has 0 radical (unpaired) electrons. The van der Waals surface area contributed by atoms with E-state index in [1.54, 1.807) is 0 Å². The van der Waals surface area contributed by atoms with Crippen LogP contribution in [0.5, 0.6) is 0 Å². The Labute approximate surface area is 115 Å². The van der Waals surface area contributed by atoms with Crippen LogP contribution in [0.25, 0.3) is 11.2 Å². The van der Waals surface area contributed by atoms with Crippen molar-refractivity contribution in [2.45, 2.75) is 24.3 Å². The molecule has 0 amide bonds. The lowest BCUT2D eigenvalue weighted by Crippen LogP contribution is -2.43. The van der Waals surface area contributed by atoms with Gasteiger partial charge in [-0.05, 0) is 0 Å². The van der Waals surface area contributed by atoms with E-state index in [0.717, 1.165) is 10.9 Å². The van der Waals surface area contributed by atoms with Gasteiger partial charge in [-0.3, -0.25) is 4.57 Å². The fourth-order valence-electron chi connectivity index (χ4n) is 2.23. The molecular weight excluding hydrogens is 292 g/mol. The summed E-state index contributed by atoms with van der Waals surface area (Å²) in [4.78, 5) is 10.5. The van der Waals surface area contributed by atoms with Crippen molar-refractivity contribution in [1.29, 1.82) is 0 Å². The number of fused-ring (bicyclic) bond motifs is 1. The van der Waals surface area contributed by atoms with E-state index in [4.69, 9.17) is 15.6 Å². The first kappa shape index (κ1) is 14.0. The highest BCUT2D eigenvalue weighted by molar-refractivity contribution is 5.81. The molecule has 21 heavy (non-hydrogen) atoms. The van der Waals surface area contributed by atoms with Gasteiger partial charge in [0.2, 0.25) is 0 Å². The average Bonchev–Trinajstić information content (AvgIpc) is 2.91. The number of anilines is 1. The predicted molar refractivity (Wildman–Crippen MR) is 62.8 cm³/mol. The number of aromatic nitrogens is 4. The SMILES string of the molecule is Nc1nc(F)nc2c1ncn2[C@@H]1O[C@H](CO)[C@@H](O)[C@@]1(O)F. The number of imidazole rings is 1. The van der Waals surface area contributed by atoms with Crippen molar-refractivity contribution < 1.29 is 28.8 Å². The van der Waals surface area contributed by atoms with Crippen LogP contribution in [-0.2, 0) is 4.74 Å². The van der Waals surface area contributed by atoms with E-state index in [9.17, 15) is 19.0 Å². The number of aliphatic hydroxyl groups is 3. The number of ether oxygens (including phenoxy) is 1. The molecule has 1 aliphatic rings. The van der Waals surface area contributed by atoms with Gasteiger partial charge in [0.05, 0.1) is 12.9 Å². The highest BCUT2D eigenvalue weighted by atomic mass is 19.2. The summed E-state index contributed by atoms with van der Waals surface area (Å²) in [5, 5.41) is 28.3. The average molecular weight is 303 g/mol. The molecule has 5 N–H and O–H groups in total. The molecule has 3 heterocycles. The van der Waals surface area contributed by atoms with E-state index in [-0.39, 0.29) is 17.0 Å². The van der Waals surface area contributed by atoms with Crippen molar-refractivity contribution in [2.75, 3.05) is 12.3 Å². The van der Waals surface area contributed by atoms with Gasteiger partial charge in [-0.1, -0.05) is 0 Å². The minimum atomic E-state index is -3.22. The Hall–Kier alpha value is -1.95. The molecule has 0 bridgehead atoms. The molecule has 2 aromatic rings. The van der Waals surface area contributed by atoms with Crippen LogP contribution in [0.1, 0.15) is 6.23 Å². The molecule has 0 unspecified atom stereocenters. The normalized spacial score (nSPS) is 32.9. The predicted octanol–water partition coefficient (Wildman–Crippen LogP) is -1.54. The summed E-state index contributed by atoms with van der Waals surface area (Å²) in [6.45, 7) is -0.720. The van der Waals surface area contributed by atoms with Crippen molar-refractivity contribution in [1.82, 2.24) is 19.5 Å². The molecule has 0 aliphatic carbocycles. The number of nitrogen functional groups attached to an aromatic ring is 1. The second kappa shape index (κ2) is 4.53. The number of nitrogens with two attached hydrogens (primary N) is 1. The van der Waals surface area contributed by atoms with Crippen LogP contribution in [0.4, 0.5) is 14.6 Å². The second-order valence-corrected chi connectivity index (χ2v) is 4.58. The molecule has 11 heteroatoms. The van der Waals surface area contributed by atoms with E-state index >= 15 is 0 Å². The molecule has 3 rings (SSSR count). The Morgan fingerprint density at radius 1 is 1.48 bits per heavy atom. The van der Waals surface area contributed by atoms with Gasteiger partial charge < -0.3 is 25.8 Å². The van der Waals surface area contributed by atoms with Crippen LogP contribution >= 0.6 is 0 Å². The quantitative estimate of drug-likeness (QED) is 0.489. The van der Waals surface area contributed by atoms with Gasteiger partial charge in [-0.25, -0.2) is 9.37 Å². The van der Waals surface area contributed by atoms with Crippen LogP contribution < -0.4 is 5.73 Å². The Bertz CT molecular complexity index is 693. The summed E-state index contributed by atoms with van der Waals surface area (Å²) in [5.41, 5.74) is 5.23. The lowest BCUT2D eigenvalue weighted by atomic mass is 10.1. The largest absolute Gasteiger partial charge is 0.394 e. The van der Waals surface area contributed by atoms with Gasteiger partial charge in [-0.2, -0.15) is 14.4 Å². The minimum absolute atomic E-state index is 0.0160. The van der Waals surface area contributed by atoms with Crippen LogP contribution in [0, 0.1) is 6.08 Å². The zero-order valence-electron chi connectivity index (χ0n) is 10.4. The summed E-state index contributed by atoms with van der Waals surface area (Å²) >= 11 is 0. The van der Waals surface area contributed by atoms with E-state index < -0.39 is 37.0 Å². The molecule has 9 nitrogen and oxygen atoms in total. The van der Waals surface area contributed by atoms with Crippen LogP contribution in [0.2, 0.25) is 0 Å². The third-order valence-corrected chi connectivity index (χ3v) is 3.27. The first-order chi connectivity index (χ1) is 9.86. The molecule has 0 spiro atoms. The Morgan fingerprint density at radius 3 is 2.81 bits per heavy atom. The molecule has 1 saturated heterocycles. The maximum atomic E-state index is 14.3. The van der Waals surface area contributed by atoms with Gasteiger partial charge in [0.25, 0.3) is 5.85 Å². The molecule has 1 aliphatic heterocycles. The van der Waals surface area contributed by atoms with Crippen molar-refractivity contribution in [2.24, 2.45) is 0 Å². The summed E-state index contributed by atoms with van der Waals surface area (Å²) in [5.74, 6) is -3.49. The zero-order valence-corrected chi connectivity index (χ0v) is 10.4. The minimum Gasteiger partial charge on any atom is -0.394 e. The third-order valence-electron chi connectivity index (χ3n) is 3.27. The fourth-order valence-corrected chi connectivity index (χ4v) is 2.23. The molecule has 1 fully saturated rings. The van der Waals surface area contributed by atoms with Gasteiger partial charge in [0, 0.05) is 0 Å². The van der Waals surface area contributed by atoms with Gasteiger partial charge in [0.15, 0.2) is 23.2 Å². The molecular formula is C10H11F2N5O4. The van der Waals surface area contributed by atoms with E-state index in [2.05, 4.69) is 15.0 Å². The van der Waals surface area contributed by atoms with Crippen LogP contribution in [-0.4, -0.2) is 59.5 Å². The van der Waals surface area contributed by atoms with Gasteiger partial charge >= 0.3 is 6.08 Å². The fraction of sp³-hybridized carbons (Fsp3) is 0.500. The van der Waals surface area contributed by atoms with Crippen molar-refractivity contribution in [3.63, 3.8) is 0 Å². The van der Waals surface area contributed by atoms with Crippen LogP contribution in [0.3, 0.4) is 0 Å². The maximum Gasteiger partial charge on any atom is 0.312 e. The van der Waals surface area contributed by atoms with E-state index in [0.29, 0.717) is 0 Å². The summed E-state index contributed by atoms with van der Waals surface area (Å²) in [7, 11) is 0. The monoisotopic (exact) mass is 303 g/mol.